The van der Waals surface area contributed by atoms with E-state index in [2.05, 4.69) is 0 Å². The molecule has 3 saturated carbocycles. The lowest BCUT2D eigenvalue weighted by molar-refractivity contribution is -0.0900. The smallest absolute Gasteiger partial charge is 0.0905 e. The third-order valence-electron chi connectivity index (χ3n) is 3.44. The predicted molar refractivity (Wildman–Crippen MR) is 42.1 cm³/mol. The maximum atomic E-state index is 9.92. The molecule has 0 amide bonds. The highest BCUT2D eigenvalue weighted by Gasteiger charge is 2.42. The van der Waals surface area contributed by atoms with Gasteiger partial charge in [0.1, 0.15) is 0 Å². The van der Waals surface area contributed by atoms with Crippen LogP contribution in [0.15, 0.2) is 0 Å². The lowest BCUT2D eigenvalue weighted by Gasteiger charge is -2.34. The van der Waals surface area contributed by atoms with Gasteiger partial charge < -0.3 is 10.2 Å². The molecule has 0 aromatic carbocycles. The van der Waals surface area contributed by atoms with Crippen molar-refractivity contribution in [2.24, 2.45) is 5.92 Å². The monoisotopic (exact) mass is 156 g/mol. The van der Waals surface area contributed by atoms with Gasteiger partial charge in [-0.15, -0.1) is 0 Å². The van der Waals surface area contributed by atoms with Gasteiger partial charge in [0.2, 0.25) is 0 Å². The zero-order valence-corrected chi connectivity index (χ0v) is 6.79. The van der Waals surface area contributed by atoms with E-state index in [0.29, 0.717) is 0 Å². The fourth-order valence-electron chi connectivity index (χ4n) is 2.46. The van der Waals surface area contributed by atoms with Gasteiger partial charge in [-0.3, -0.25) is 0 Å². The molecule has 2 bridgehead atoms. The quantitative estimate of drug-likeness (QED) is 0.550. The van der Waals surface area contributed by atoms with Crippen molar-refractivity contribution in [3.05, 3.63) is 0 Å². The van der Waals surface area contributed by atoms with E-state index in [1.165, 1.54) is 0 Å². The Bertz CT molecular complexity index is 145. The molecule has 2 heteroatoms. The van der Waals surface area contributed by atoms with Crippen LogP contribution in [0.5, 0.6) is 0 Å². The average molecular weight is 156 g/mol. The molecular formula is C9H16O2. The van der Waals surface area contributed by atoms with Gasteiger partial charge in [-0.25, -0.2) is 0 Å². The summed E-state index contributed by atoms with van der Waals surface area (Å²) in [5, 5.41) is 19.5. The molecule has 2 nitrogen and oxygen atoms in total. The predicted octanol–water partition coefficient (Wildman–Crippen LogP) is 1.06. The van der Waals surface area contributed by atoms with E-state index in [1.54, 1.807) is 0 Å². The van der Waals surface area contributed by atoms with Crippen LogP contribution < -0.4 is 0 Å². The lowest BCUT2D eigenvalue weighted by atomic mass is 9.80. The van der Waals surface area contributed by atoms with Crippen molar-refractivity contribution in [1.82, 2.24) is 0 Å². The molecule has 3 aliphatic carbocycles. The first-order valence-electron chi connectivity index (χ1n) is 4.61. The fourth-order valence-corrected chi connectivity index (χ4v) is 2.46. The number of aliphatic hydroxyl groups excluding tert-OH is 1. The zero-order valence-electron chi connectivity index (χ0n) is 6.79. The largest absolute Gasteiger partial charge is 0.390 e. The number of hydrogen-bond donors (Lipinski definition) is 2. The summed E-state index contributed by atoms with van der Waals surface area (Å²) in [5.41, 5.74) is -0.715. The highest BCUT2D eigenvalue weighted by molar-refractivity contribution is 4.94. The molecule has 2 N–H and O–H groups in total. The number of hydrogen-bond acceptors (Lipinski definition) is 2. The molecule has 3 fully saturated rings. The van der Waals surface area contributed by atoms with Gasteiger partial charge in [-0.2, -0.15) is 0 Å². The van der Waals surface area contributed by atoms with Gasteiger partial charge in [0.15, 0.2) is 0 Å². The van der Waals surface area contributed by atoms with Crippen LogP contribution in [-0.4, -0.2) is 21.9 Å². The van der Waals surface area contributed by atoms with Crippen molar-refractivity contribution in [2.45, 2.75) is 50.2 Å². The van der Waals surface area contributed by atoms with Gasteiger partial charge in [-0.1, -0.05) is 0 Å². The second-order valence-corrected chi connectivity index (χ2v) is 4.14. The highest BCUT2D eigenvalue weighted by Crippen LogP contribution is 2.41. The Morgan fingerprint density at radius 3 is 2.27 bits per heavy atom. The van der Waals surface area contributed by atoms with Crippen LogP contribution >= 0.6 is 0 Å². The van der Waals surface area contributed by atoms with E-state index in [9.17, 15) is 10.2 Å². The molecule has 0 aliphatic heterocycles. The molecular weight excluding hydrogens is 140 g/mol. The molecule has 0 saturated heterocycles. The SMILES string of the molecule is OC1CCC2CCC1(O)CC2. The molecule has 1 unspecified atom stereocenters. The summed E-state index contributed by atoms with van der Waals surface area (Å²) < 4.78 is 0. The summed E-state index contributed by atoms with van der Waals surface area (Å²) in [6.45, 7) is 0. The molecule has 0 radical (unpaired) electrons. The standard InChI is InChI=1S/C9H16O2/c10-8-2-1-7-3-5-9(8,11)6-4-7/h7-8,10-11H,1-6H2. The fraction of sp³-hybridized carbons (Fsp3) is 1.00. The average Bonchev–Trinajstić information content (AvgIpc) is 2.22. The van der Waals surface area contributed by atoms with Crippen LogP contribution in [0.25, 0.3) is 0 Å². The van der Waals surface area contributed by atoms with Crippen LogP contribution in [0, 0.1) is 5.92 Å². The van der Waals surface area contributed by atoms with Crippen molar-refractivity contribution in [2.75, 3.05) is 0 Å². The van der Waals surface area contributed by atoms with Crippen molar-refractivity contribution in [3.63, 3.8) is 0 Å². The number of fused-ring (bicyclic) bond motifs is 4. The molecule has 0 aromatic heterocycles. The van der Waals surface area contributed by atoms with Crippen LogP contribution in [0.3, 0.4) is 0 Å². The summed E-state index contributed by atoms with van der Waals surface area (Å²) in [6.07, 6.45) is 5.35. The first-order valence-corrected chi connectivity index (χ1v) is 4.61. The molecule has 11 heavy (non-hydrogen) atoms. The van der Waals surface area contributed by atoms with Crippen LogP contribution in [0.2, 0.25) is 0 Å². The normalized spacial score (nSPS) is 50.7. The van der Waals surface area contributed by atoms with Gasteiger partial charge in [-0.05, 0) is 44.4 Å². The minimum atomic E-state index is -0.715. The van der Waals surface area contributed by atoms with Crippen molar-refractivity contribution in [3.8, 4) is 0 Å². The van der Waals surface area contributed by atoms with E-state index in [-0.39, 0.29) is 0 Å². The van der Waals surface area contributed by atoms with Gasteiger partial charge in [0.25, 0.3) is 0 Å². The van der Waals surface area contributed by atoms with Crippen LogP contribution in [0.4, 0.5) is 0 Å². The zero-order chi connectivity index (χ0) is 7.90. The molecule has 0 aromatic rings. The summed E-state index contributed by atoms with van der Waals surface area (Å²) >= 11 is 0. The Kier molecular flexibility index (Phi) is 1.69. The Balaban J connectivity index is 2.18. The maximum absolute atomic E-state index is 9.92. The first kappa shape index (κ1) is 7.56. The Hall–Kier alpha value is -0.0800. The van der Waals surface area contributed by atoms with E-state index < -0.39 is 11.7 Å². The van der Waals surface area contributed by atoms with E-state index in [0.717, 1.165) is 44.4 Å². The molecule has 3 rings (SSSR count). The van der Waals surface area contributed by atoms with Crippen molar-refractivity contribution >= 4 is 0 Å². The maximum Gasteiger partial charge on any atom is 0.0905 e. The van der Waals surface area contributed by atoms with Crippen LogP contribution in [-0.2, 0) is 0 Å². The second-order valence-electron chi connectivity index (χ2n) is 4.14. The molecule has 3 aliphatic rings. The summed E-state index contributed by atoms with van der Waals surface area (Å²) in [6, 6.07) is 0. The van der Waals surface area contributed by atoms with E-state index in [4.69, 9.17) is 0 Å². The number of aliphatic hydroxyl groups is 2. The Morgan fingerprint density at radius 2 is 1.64 bits per heavy atom. The minimum Gasteiger partial charge on any atom is -0.390 e. The van der Waals surface area contributed by atoms with Gasteiger partial charge >= 0.3 is 0 Å². The van der Waals surface area contributed by atoms with Gasteiger partial charge in [0.05, 0.1) is 11.7 Å². The van der Waals surface area contributed by atoms with Gasteiger partial charge in [0, 0.05) is 0 Å². The van der Waals surface area contributed by atoms with E-state index >= 15 is 0 Å². The third-order valence-corrected chi connectivity index (χ3v) is 3.44. The highest BCUT2D eigenvalue weighted by atomic mass is 16.3. The third kappa shape index (κ3) is 1.18. The number of rotatable bonds is 0. The Morgan fingerprint density at radius 1 is 1.00 bits per heavy atom. The molecule has 0 spiro atoms. The van der Waals surface area contributed by atoms with Crippen molar-refractivity contribution < 1.29 is 10.2 Å². The van der Waals surface area contributed by atoms with Crippen LogP contribution in [0.1, 0.15) is 38.5 Å². The summed E-state index contributed by atoms with van der Waals surface area (Å²) in [4.78, 5) is 0. The molecule has 0 heterocycles. The Labute approximate surface area is 67.2 Å². The summed E-state index contributed by atoms with van der Waals surface area (Å²) in [7, 11) is 0. The summed E-state index contributed by atoms with van der Waals surface area (Å²) in [5.74, 6) is 0.785. The van der Waals surface area contributed by atoms with Crippen molar-refractivity contribution in [1.29, 1.82) is 0 Å². The minimum absolute atomic E-state index is 0.449. The molecule has 1 atom stereocenters. The van der Waals surface area contributed by atoms with E-state index in [1.807, 2.05) is 0 Å². The first-order chi connectivity index (χ1) is 5.21. The topological polar surface area (TPSA) is 40.5 Å². The lowest BCUT2D eigenvalue weighted by Crippen LogP contribution is -2.42. The molecule has 64 valence electrons. The second kappa shape index (κ2) is 2.46.